The maximum atomic E-state index is 13.3. The molecule has 0 aliphatic heterocycles. The van der Waals surface area contributed by atoms with Crippen molar-refractivity contribution in [3.05, 3.63) is 97.6 Å². The van der Waals surface area contributed by atoms with E-state index in [-0.39, 0.29) is 22.1 Å². The highest BCUT2D eigenvalue weighted by molar-refractivity contribution is 6.36. The van der Waals surface area contributed by atoms with Gasteiger partial charge in [0.25, 0.3) is 0 Å². The molecule has 1 heterocycles. The lowest BCUT2D eigenvalue weighted by Gasteiger charge is -2.12. The lowest BCUT2D eigenvalue weighted by molar-refractivity contribution is 0.0731. The lowest BCUT2D eigenvalue weighted by Crippen LogP contribution is -2.16. The standard InChI is InChI=1S/C24H16Cl2O4/c1-13-3-6-15(7-4-13)22-23(21(27)18-11-14(2)5-10-20(18)29-22)30-24(28)17-9-8-16(25)12-19(17)26/h3-12H,1-2H3. The Balaban J connectivity index is 1.90. The first kappa shape index (κ1) is 20.2. The number of halogens is 2. The van der Waals surface area contributed by atoms with Crippen LogP contribution in [0, 0.1) is 13.8 Å². The summed E-state index contributed by atoms with van der Waals surface area (Å²) in [5.74, 6) is -0.785. The summed E-state index contributed by atoms with van der Waals surface area (Å²) < 4.78 is 11.6. The number of ether oxygens (including phenoxy) is 1. The van der Waals surface area contributed by atoms with Crippen LogP contribution < -0.4 is 10.2 Å². The summed E-state index contributed by atoms with van der Waals surface area (Å²) >= 11 is 12.0. The highest BCUT2D eigenvalue weighted by Gasteiger charge is 2.22. The smallest absolute Gasteiger partial charge is 0.345 e. The Hall–Kier alpha value is -3.08. The Morgan fingerprint density at radius 1 is 0.900 bits per heavy atom. The van der Waals surface area contributed by atoms with Gasteiger partial charge in [-0.2, -0.15) is 0 Å². The van der Waals surface area contributed by atoms with E-state index in [4.69, 9.17) is 32.4 Å². The Morgan fingerprint density at radius 2 is 1.60 bits per heavy atom. The Kier molecular flexibility index (Phi) is 5.37. The Labute approximate surface area is 182 Å². The average molecular weight is 439 g/mol. The van der Waals surface area contributed by atoms with E-state index in [2.05, 4.69) is 0 Å². The van der Waals surface area contributed by atoms with Gasteiger partial charge in [0, 0.05) is 10.6 Å². The van der Waals surface area contributed by atoms with E-state index in [0.29, 0.717) is 21.6 Å². The first-order chi connectivity index (χ1) is 14.3. The summed E-state index contributed by atoms with van der Waals surface area (Å²) in [4.78, 5) is 26.1. The maximum absolute atomic E-state index is 13.3. The molecule has 30 heavy (non-hydrogen) atoms. The first-order valence-corrected chi connectivity index (χ1v) is 9.91. The van der Waals surface area contributed by atoms with E-state index >= 15 is 0 Å². The van der Waals surface area contributed by atoms with Crippen LogP contribution in [-0.4, -0.2) is 5.97 Å². The monoisotopic (exact) mass is 438 g/mol. The van der Waals surface area contributed by atoms with Gasteiger partial charge in [0.1, 0.15) is 5.58 Å². The number of aryl methyl sites for hydroxylation is 2. The van der Waals surface area contributed by atoms with E-state index in [1.54, 1.807) is 24.3 Å². The van der Waals surface area contributed by atoms with E-state index in [9.17, 15) is 9.59 Å². The molecule has 4 rings (SSSR count). The van der Waals surface area contributed by atoms with Crippen LogP contribution in [0.4, 0.5) is 0 Å². The molecule has 0 spiro atoms. The fourth-order valence-corrected chi connectivity index (χ4v) is 3.57. The van der Waals surface area contributed by atoms with Crippen molar-refractivity contribution in [2.24, 2.45) is 0 Å². The van der Waals surface area contributed by atoms with Gasteiger partial charge < -0.3 is 9.15 Å². The van der Waals surface area contributed by atoms with Crippen LogP contribution in [0.5, 0.6) is 5.75 Å². The second kappa shape index (κ2) is 7.98. The number of hydrogen-bond acceptors (Lipinski definition) is 4. The predicted molar refractivity (Wildman–Crippen MR) is 119 cm³/mol. The van der Waals surface area contributed by atoms with Crippen molar-refractivity contribution >= 4 is 40.1 Å². The fourth-order valence-electron chi connectivity index (χ4n) is 3.08. The molecular weight excluding hydrogens is 423 g/mol. The molecule has 0 saturated heterocycles. The quantitative estimate of drug-likeness (QED) is 0.338. The van der Waals surface area contributed by atoms with E-state index in [0.717, 1.165) is 11.1 Å². The molecule has 0 bridgehead atoms. The zero-order valence-electron chi connectivity index (χ0n) is 16.2. The number of rotatable bonds is 3. The maximum Gasteiger partial charge on any atom is 0.345 e. The van der Waals surface area contributed by atoms with Gasteiger partial charge >= 0.3 is 5.97 Å². The van der Waals surface area contributed by atoms with Gasteiger partial charge in [0.05, 0.1) is 16.0 Å². The number of hydrogen-bond donors (Lipinski definition) is 0. The summed E-state index contributed by atoms with van der Waals surface area (Å²) in [5, 5.41) is 0.846. The van der Waals surface area contributed by atoms with Crippen LogP contribution in [0.2, 0.25) is 10.0 Å². The minimum atomic E-state index is -0.774. The molecule has 0 saturated carbocycles. The molecule has 0 N–H and O–H groups in total. The molecule has 4 aromatic rings. The minimum absolute atomic E-state index is 0.0969. The van der Waals surface area contributed by atoms with Crippen LogP contribution in [0.3, 0.4) is 0 Å². The number of fused-ring (bicyclic) bond motifs is 1. The molecule has 0 unspecified atom stereocenters. The van der Waals surface area contributed by atoms with Crippen molar-refractivity contribution in [3.63, 3.8) is 0 Å². The zero-order valence-corrected chi connectivity index (χ0v) is 17.7. The molecule has 0 fully saturated rings. The number of carbonyl (C=O) groups is 1. The molecule has 0 aliphatic carbocycles. The van der Waals surface area contributed by atoms with Crippen LogP contribution in [0.1, 0.15) is 21.5 Å². The highest BCUT2D eigenvalue weighted by atomic mass is 35.5. The molecule has 0 aliphatic rings. The van der Waals surface area contributed by atoms with Crippen LogP contribution in [-0.2, 0) is 0 Å². The Bertz CT molecular complexity index is 1340. The second-order valence-electron chi connectivity index (χ2n) is 6.97. The largest absolute Gasteiger partial charge is 0.452 e. The van der Waals surface area contributed by atoms with E-state index in [1.807, 2.05) is 32.0 Å². The predicted octanol–water partition coefficient (Wildman–Crippen LogP) is 6.60. The second-order valence-corrected chi connectivity index (χ2v) is 7.81. The van der Waals surface area contributed by atoms with Crippen LogP contribution in [0.25, 0.3) is 22.3 Å². The summed E-state index contributed by atoms with van der Waals surface area (Å²) in [6, 6.07) is 17.1. The molecule has 0 radical (unpaired) electrons. The number of benzene rings is 3. The number of carbonyl (C=O) groups excluding carboxylic acids is 1. The summed E-state index contributed by atoms with van der Waals surface area (Å²) in [5.41, 5.74) is 2.62. The number of esters is 1. The summed E-state index contributed by atoms with van der Waals surface area (Å²) in [7, 11) is 0. The average Bonchev–Trinajstić information content (AvgIpc) is 2.71. The van der Waals surface area contributed by atoms with Gasteiger partial charge in [0.2, 0.25) is 11.2 Å². The zero-order chi connectivity index (χ0) is 21.4. The van der Waals surface area contributed by atoms with Gasteiger partial charge in [-0.15, -0.1) is 0 Å². The van der Waals surface area contributed by atoms with E-state index in [1.165, 1.54) is 18.2 Å². The van der Waals surface area contributed by atoms with Crippen molar-refractivity contribution in [1.29, 1.82) is 0 Å². The third-order valence-electron chi connectivity index (χ3n) is 4.66. The van der Waals surface area contributed by atoms with E-state index < -0.39 is 11.4 Å². The normalized spacial score (nSPS) is 10.9. The van der Waals surface area contributed by atoms with Gasteiger partial charge in [-0.1, -0.05) is 64.7 Å². The van der Waals surface area contributed by atoms with Crippen molar-refractivity contribution in [2.45, 2.75) is 13.8 Å². The molecule has 150 valence electrons. The van der Waals surface area contributed by atoms with Crippen LogP contribution in [0.15, 0.2) is 69.9 Å². The molecule has 4 nitrogen and oxygen atoms in total. The SMILES string of the molecule is Cc1ccc(-c2oc3ccc(C)cc3c(=O)c2OC(=O)c2ccc(Cl)cc2Cl)cc1. The molecule has 6 heteroatoms. The van der Waals surface area contributed by atoms with Crippen LogP contribution >= 0.6 is 23.2 Å². The summed E-state index contributed by atoms with van der Waals surface area (Å²) in [6.07, 6.45) is 0. The molecule has 1 aromatic heterocycles. The molecule has 0 atom stereocenters. The molecule has 3 aromatic carbocycles. The van der Waals surface area contributed by atoms with Gasteiger partial charge in [-0.05, 0) is 44.2 Å². The van der Waals surface area contributed by atoms with Crippen molar-refractivity contribution in [3.8, 4) is 17.1 Å². The van der Waals surface area contributed by atoms with Crippen molar-refractivity contribution in [2.75, 3.05) is 0 Å². The van der Waals surface area contributed by atoms with Crippen molar-refractivity contribution in [1.82, 2.24) is 0 Å². The van der Waals surface area contributed by atoms with Gasteiger partial charge in [0.15, 0.2) is 5.76 Å². The minimum Gasteiger partial charge on any atom is -0.452 e. The molecule has 0 amide bonds. The highest BCUT2D eigenvalue weighted by Crippen LogP contribution is 2.32. The summed E-state index contributed by atoms with van der Waals surface area (Å²) in [6.45, 7) is 3.82. The fraction of sp³-hybridized carbons (Fsp3) is 0.0833. The third-order valence-corrected chi connectivity index (χ3v) is 5.21. The Morgan fingerprint density at radius 3 is 2.30 bits per heavy atom. The third kappa shape index (κ3) is 3.84. The lowest BCUT2D eigenvalue weighted by atomic mass is 10.1. The molecular formula is C24H16Cl2O4. The van der Waals surface area contributed by atoms with Gasteiger partial charge in [-0.25, -0.2) is 4.79 Å². The topological polar surface area (TPSA) is 56.5 Å². The first-order valence-electron chi connectivity index (χ1n) is 9.15. The van der Waals surface area contributed by atoms with Gasteiger partial charge in [-0.3, -0.25) is 4.79 Å². The van der Waals surface area contributed by atoms with Crippen molar-refractivity contribution < 1.29 is 13.9 Å².